The van der Waals surface area contributed by atoms with Gasteiger partial charge in [-0.15, -0.1) is 0 Å². The molecule has 0 radical (unpaired) electrons. The Labute approximate surface area is 185 Å². The number of ether oxygens (including phenoxy) is 1. The molecule has 1 heterocycles. The normalized spacial score (nSPS) is 11.9. The monoisotopic (exact) mass is 484 g/mol. The number of carbonyl (C=O) groups is 2. The second-order valence-corrected chi connectivity index (χ2v) is 7.39. The molecule has 1 atom stereocenters. The molecule has 0 saturated heterocycles. The molecule has 8 nitrogen and oxygen atoms in total. The molecule has 3 rings (SSSR count). The number of pyridine rings is 1. The van der Waals surface area contributed by atoms with Crippen LogP contribution < -0.4 is 4.74 Å². The number of hydrogen-bond donors (Lipinski definition) is 3. The van der Waals surface area contributed by atoms with Gasteiger partial charge in [-0.2, -0.15) is 0 Å². The maximum atomic E-state index is 12.3. The second-order valence-electron chi connectivity index (χ2n) is 6.48. The van der Waals surface area contributed by atoms with E-state index in [4.69, 9.17) is 4.74 Å². The minimum atomic E-state index is -1.15. The Morgan fingerprint density at radius 2 is 1.90 bits per heavy atom. The van der Waals surface area contributed by atoms with E-state index in [-0.39, 0.29) is 34.8 Å². The molecule has 31 heavy (non-hydrogen) atoms. The number of carboxylic acids is 1. The molecular formula is C22H17BrN2O6. The number of nitrogens with zero attached hydrogens (tertiary/aromatic N) is 2. The van der Waals surface area contributed by atoms with Crippen molar-refractivity contribution in [2.45, 2.75) is 12.5 Å². The first-order chi connectivity index (χ1) is 14.8. The van der Waals surface area contributed by atoms with Crippen molar-refractivity contribution in [1.82, 2.24) is 4.98 Å². The number of esters is 1. The zero-order chi connectivity index (χ0) is 22.4. The van der Waals surface area contributed by atoms with Crippen LogP contribution in [0.25, 0.3) is 0 Å². The molecule has 0 aliphatic carbocycles. The van der Waals surface area contributed by atoms with Crippen molar-refractivity contribution in [2.24, 2.45) is 4.99 Å². The smallest absolute Gasteiger partial charge is 0.345 e. The first-order valence-corrected chi connectivity index (χ1v) is 9.81. The van der Waals surface area contributed by atoms with E-state index in [0.717, 1.165) is 0 Å². The van der Waals surface area contributed by atoms with Crippen molar-refractivity contribution < 1.29 is 29.6 Å². The Balaban J connectivity index is 1.82. The fraction of sp³-hybridized carbons (Fsp3) is 0.0909. The Morgan fingerprint density at radius 1 is 1.16 bits per heavy atom. The molecule has 0 aliphatic rings. The Kier molecular flexibility index (Phi) is 6.99. The lowest BCUT2D eigenvalue weighted by atomic mass is 10.1. The summed E-state index contributed by atoms with van der Waals surface area (Å²) in [6, 6.07) is 11.0. The molecule has 9 heteroatoms. The number of aromatic hydroxyl groups is 2. The van der Waals surface area contributed by atoms with Crippen LogP contribution in [0.1, 0.15) is 21.5 Å². The molecule has 0 amide bonds. The number of phenols is 2. The van der Waals surface area contributed by atoms with Crippen molar-refractivity contribution in [2.75, 3.05) is 0 Å². The van der Waals surface area contributed by atoms with Crippen molar-refractivity contribution in [1.29, 1.82) is 0 Å². The number of halogens is 1. The van der Waals surface area contributed by atoms with Gasteiger partial charge in [0.15, 0.2) is 17.5 Å². The van der Waals surface area contributed by atoms with Crippen LogP contribution >= 0.6 is 15.9 Å². The van der Waals surface area contributed by atoms with Crippen LogP contribution in [0, 0.1) is 0 Å². The summed E-state index contributed by atoms with van der Waals surface area (Å²) >= 11 is 3.27. The summed E-state index contributed by atoms with van der Waals surface area (Å²) < 4.78 is 5.75. The van der Waals surface area contributed by atoms with Gasteiger partial charge in [-0.05, 0) is 42.0 Å². The second kappa shape index (κ2) is 9.86. The summed E-state index contributed by atoms with van der Waals surface area (Å²) in [4.78, 5) is 31.8. The summed E-state index contributed by atoms with van der Waals surface area (Å²) in [5, 5.41) is 29.3. The van der Waals surface area contributed by atoms with Crippen LogP contribution in [-0.2, 0) is 11.2 Å². The number of benzene rings is 2. The standard InChI is InChI=1S/C22H17BrN2O6/c23-16-9-15(12-25-18(21(28)29)8-13-3-5-17(26)6-4-13)20(27)19(10-16)31-22(30)14-2-1-7-24-11-14/h1-7,9-12,18,26-27H,8H2,(H,28,29). The molecule has 3 aromatic rings. The van der Waals surface area contributed by atoms with Crippen molar-refractivity contribution in [3.05, 3.63) is 82.1 Å². The van der Waals surface area contributed by atoms with E-state index in [1.54, 1.807) is 18.2 Å². The van der Waals surface area contributed by atoms with Gasteiger partial charge >= 0.3 is 11.9 Å². The molecule has 3 N–H and O–H groups in total. The lowest BCUT2D eigenvalue weighted by Gasteiger charge is -2.11. The van der Waals surface area contributed by atoms with Gasteiger partial charge in [0.05, 0.1) is 5.56 Å². The Morgan fingerprint density at radius 3 is 2.55 bits per heavy atom. The molecule has 1 aromatic heterocycles. The van der Waals surface area contributed by atoms with Gasteiger partial charge in [-0.25, -0.2) is 9.59 Å². The molecule has 0 bridgehead atoms. The molecule has 0 aliphatic heterocycles. The lowest BCUT2D eigenvalue weighted by Crippen LogP contribution is -2.21. The highest BCUT2D eigenvalue weighted by atomic mass is 79.9. The third kappa shape index (κ3) is 5.89. The van der Waals surface area contributed by atoms with Gasteiger partial charge < -0.3 is 20.1 Å². The molecule has 2 aromatic carbocycles. The fourth-order valence-corrected chi connectivity index (χ4v) is 3.10. The van der Waals surface area contributed by atoms with Gasteiger partial charge in [0.2, 0.25) is 0 Å². The number of rotatable bonds is 7. The molecule has 0 saturated carbocycles. The van der Waals surface area contributed by atoms with E-state index < -0.39 is 18.0 Å². The Hall–Kier alpha value is -3.72. The Bertz CT molecular complexity index is 1120. The first kappa shape index (κ1) is 22.0. The van der Waals surface area contributed by atoms with Crippen molar-refractivity contribution in [3.8, 4) is 17.2 Å². The minimum absolute atomic E-state index is 0.0755. The molecule has 158 valence electrons. The van der Waals surface area contributed by atoms with Crippen LogP contribution in [0.15, 0.2) is 70.4 Å². The van der Waals surface area contributed by atoms with Gasteiger partial charge in [-0.3, -0.25) is 9.98 Å². The third-order valence-corrected chi connectivity index (χ3v) is 4.67. The highest BCUT2D eigenvalue weighted by molar-refractivity contribution is 9.10. The predicted octanol–water partition coefficient (Wildman–Crippen LogP) is 3.59. The van der Waals surface area contributed by atoms with Gasteiger partial charge in [0.1, 0.15) is 5.75 Å². The van der Waals surface area contributed by atoms with Gasteiger partial charge in [-0.1, -0.05) is 28.1 Å². The third-order valence-electron chi connectivity index (χ3n) is 4.21. The largest absolute Gasteiger partial charge is 0.508 e. The number of aromatic nitrogens is 1. The molecule has 1 unspecified atom stereocenters. The lowest BCUT2D eigenvalue weighted by molar-refractivity contribution is -0.138. The topological polar surface area (TPSA) is 129 Å². The minimum Gasteiger partial charge on any atom is -0.508 e. The van der Waals surface area contributed by atoms with E-state index in [1.165, 1.54) is 48.9 Å². The number of aliphatic carboxylic acids is 1. The molecular weight excluding hydrogens is 468 g/mol. The van der Waals surface area contributed by atoms with E-state index >= 15 is 0 Å². The number of carboxylic acid groups (broad SMARTS) is 1. The molecule has 0 fully saturated rings. The summed E-state index contributed by atoms with van der Waals surface area (Å²) in [6.07, 6.45) is 4.14. The van der Waals surface area contributed by atoms with E-state index in [2.05, 4.69) is 25.9 Å². The summed E-state index contributed by atoms with van der Waals surface area (Å²) in [5.41, 5.74) is 1.05. The maximum absolute atomic E-state index is 12.3. The number of aliphatic imine (C=N–C) groups is 1. The van der Waals surface area contributed by atoms with E-state index in [9.17, 15) is 24.9 Å². The van der Waals surface area contributed by atoms with Crippen LogP contribution in [-0.4, -0.2) is 44.5 Å². The van der Waals surface area contributed by atoms with Crippen molar-refractivity contribution in [3.63, 3.8) is 0 Å². The van der Waals surface area contributed by atoms with Crippen molar-refractivity contribution >= 4 is 34.1 Å². The summed E-state index contributed by atoms with van der Waals surface area (Å²) in [5.74, 6) is -2.26. The van der Waals surface area contributed by atoms with E-state index in [0.29, 0.717) is 10.0 Å². The highest BCUT2D eigenvalue weighted by Crippen LogP contribution is 2.33. The number of hydrogen-bond acceptors (Lipinski definition) is 7. The van der Waals surface area contributed by atoms with E-state index in [1.807, 2.05) is 0 Å². The zero-order valence-corrected chi connectivity index (χ0v) is 17.6. The summed E-state index contributed by atoms with van der Waals surface area (Å²) in [7, 11) is 0. The quantitative estimate of drug-likeness (QED) is 0.265. The fourth-order valence-electron chi connectivity index (χ4n) is 2.64. The zero-order valence-electron chi connectivity index (χ0n) is 16.0. The average Bonchev–Trinajstić information content (AvgIpc) is 2.75. The number of carbonyl (C=O) groups excluding carboxylic acids is 1. The first-order valence-electron chi connectivity index (χ1n) is 9.02. The number of phenolic OH excluding ortho intramolecular Hbond substituents is 2. The highest BCUT2D eigenvalue weighted by Gasteiger charge is 2.18. The van der Waals surface area contributed by atoms with Crippen LogP contribution in [0.4, 0.5) is 0 Å². The average molecular weight is 485 g/mol. The van der Waals surface area contributed by atoms with Crippen LogP contribution in [0.5, 0.6) is 17.2 Å². The van der Waals surface area contributed by atoms with Gasteiger partial charge in [0, 0.05) is 35.1 Å². The van der Waals surface area contributed by atoms with Crippen LogP contribution in [0.3, 0.4) is 0 Å². The molecule has 0 spiro atoms. The van der Waals surface area contributed by atoms with Gasteiger partial charge in [0.25, 0.3) is 0 Å². The maximum Gasteiger partial charge on any atom is 0.345 e. The SMILES string of the molecule is O=C(Oc1cc(Br)cc(C=NC(Cc2ccc(O)cc2)C(=O)O)c1O)c1cccnc1. The van der Waals surface area contributed by atoms with Crippen LogP contribution in [0.2, 0.25) is 0 Å². The predicted molar refractivity (Wildman–Crippen MR) is 116 cm³/mol. The summed E-state index contributed by atoms with van der Waals surface area (Å²) in [6.45, 7) is 0.